The molecule has 1 N–H and O–H groups in total. The molecule has 1 unspecified atom stereocenters. The largest absolute Gasteiger partial charge is 0.438 e. The molecule has 13 heteroatoms. The fraction of sp³-hybridized carbons (Fsp3) is 0.500. The van der Waals surface area contributed by atoms with Crippen LogP contribution in [0, 0.1) is 0 Å². The lowest BCUT2D eigenvalue weighted by molar-refractivity contribution is -0.297. The number of hydrogen-bond acceptors (Lipinski definition) is 4. The zero-order valence-electron chi connectivity index (χ0n) is 11.1. The van der Waals surface area contributed by atoms with Gasteiger partial charge < -0.3 is 5.11 Å². The van der Waals surface area contributed by atoms with Gasteiger partial charge in [0.15, 0.2) is 5.69 Å². The summed E-state index contributed by atoms with van der Waals surface area (Å²) >= 11 is 5.43. The smallest absolute Gasteiger partial charge is 0.362 e. The lowest BCUT2D eigenvalue weighted by Crippen LogP contribution is -2.56. The van der Waals surface area contributed by atoms with E-state index in [4.69, 9.17) is 11.6 Å². The van der Waals surface area contributed by atoms with E-state index in [1.807, 2.05) is 0 Å². The highest BCUT2D eigenvalue weighted by molar-refractivity contribution is 6.34. The van der Waals surface area contributed by atoms with Crippen molar-refractivity contribution in [3.8, 4) is 0 Å². The summed E-state index contributed by atoms with van der Waals surface area (Å²) in [6.07, 6.45) is -10.7. The van der Waals surface area contributed by atoms with Crippen molar-refractivity contribution in [1.29, 1.82) is 0 Å². The number of hydrogen-bond donors (Lipinski definition) is 1. The van der Waals surface area contributed by atoms with Gasteiger partial charge in [-0.15, -0.1) is 0 Å². The Bertz CT molecular complexity index is 682. The molecule has 0 saturated carbocycles. The minimum atomic E-state index is -5.28. The summed E-state index contributed by atoms with van der Waals surface area (Å²) in [5.41, 5.74) is -6.29. The summed E-state index contributed by atoms with van der Waals surface area (Å²) < 4.78 is 77.1. The maximum Gasteiger partial charge on any atom is 0.438 e. The number of hydrazone groups is 1. The Hall–Kier alpha value is -1.82. The van der Waals surface area contributed by atoms with Gasteiger partial charge in [0.1, 0.15) is 10.7 Å². The van der Waals surface area contributed by atoms with E-state index in [9.17, 15) is 36.2 Å². The SMILES string of the molecule is Cn1nc(C(F)(F)F)c(Cl)c1C(=O)N1N=CCC1(O)C(F)(F)F. The summed E-state index contributed by atoms with van der Waals surface area (Å²) in [4.78, 5) is 12.1. The Kier molecular flexibility index (Phi) is 3.88. The quantitative estimate of drug-likeness (QED) is 0.776. The standard InChI is InChI=1S/C10H7ClF6N4O2/c1-20-5(4(11)6(19-20)9(12,13)14)7(22)21-8(23,2-3-18-21)10(15,16)17/h3,23H,2H2,1H3. The fourth-order valence-electron chi connectivity index (χ4n) is 1.90. The minimum absolute atomic E-state index is 0.365. The molecule has 0 saturated heterocycles. The van der Waals surface area contributed by atoms with Gasteiger partial charge in [-0.25, -0.2) is 0 Å². The number of carbonyl (C=O) groups is 1. The Morgan fingerprint density at radius 3 is 2.35 bits per heavy atom. The number of amides is 1. The second kappa shape index (κ2) is 5.09. The van der Waals surface area contributed by atoms with Gasteiger partial charge in [-0.05, 0) is 0 Å². The molecular formula is C10H7ClF6N4O2. The van der Waals surface area contributed by atoms with Crippen molar-refractivity contribution in [2.45, 2.75) is 24.5 Å². The molecule has 0 aliphatic carbocycles. The number of halogens is 7. The van der Waals surface area contributed by atoms with E-state index in [1.165, 1.54) is 0 Å². The van der Waals surface area contributed by atoms with Gasteiger partial charge in [0, 0.05) is 19.7 Å². The van der Waals surface area contributed by atoms with E-state index in [0.717, 1.165) is 7.05 Å². The fourth-order valence-corrected chi connectivity index (χ4v) is 2.25. The highest BCUT2D eigenvalue weighted by Gasteiger charge is 2.62. The third-order valence-electron chi connectivity index (χ3n) is 3.03. The maximum atomic E-state index is 12.9. The molecule has 2 rings (SSSR count). The Morgan fingerprint density at radius 2 is 1.91 bits per heavy atom. The topological polar surface area (TPSA) is 70.7 Å². The molecule has 1 atom stereocenters. The van der Waals surface area contributed by atoms with Gasteiger partial charge in [0.05, 0.1) is 0 Å². The zero-order valence-corrected chi connectivity index (χ0v) is 11.8. The summed E-state index contributed by atoms with van der Waals surface area (Å²) in [5, 5.41) is 14.2. The number of carbonyl (C=O) groups excluding carboxylic acids is 1. The van der Waals surface area contributed by atoms with Gasteiger partial charge >= 0.3 is 12.4 Å². The first-order chi connectivity index (χ1) is 10.3. The normalized spacial score (nSPS) is 22.0. The molecule has 23 heavy (non-hydrogen) atoms. The molecule has 0 spiro atoms. The number of alkyl halides is 6. The van der Waals surface area contributed by atoms with Crippen LogP contribution in [0.2, 0.25) is 5.02 Å². The van der Waals surface area contributed by atoms with Crippen LogP contribution in [-0.4, -0.2) is 43.9 Å². The number of aliphatic hydroxyl groups is 1. The van der Waals surface area contributed by atoms with Gasteiger partial charge in [0.2, 0.25) is 0 Å². The van der Waals surface area contributed by atoms with E-state index >= 15 is 0 Å². The van der Waals surface area contributed by atoms with Crippen molar-refractivity contribution >= 4 is 23.7 Å². The first-order valence-corrected chi connectivity index (χ1v) is 6.14. The summed E-state index contributed by atoms with van der Waals surface area (Å²) in [6, 6.07) is 0. The Morgan fingerprint density at radius 1 is 1.35 bits per heavy atom. The van der Waals surface area contributed by atoms with E-state index in [-0.39, 0.29) is 5.01 Å². The van der Waals surface area contributed by atoms with Crippen molar-refractivity contribution in [1.82, 2.24) is 14.8 Å². The highest BCUT2D eigenvalue weighted by Crippen LogP contribution is 2.41. The highest BCUT2D eigenvalue weighted by atomic mass is 35.5. The average Bonchev–Trinajstić information content (AvgIpc) is 2.89. The number of aryl methyl sites for hydroxylation is 1. The molecule has 1 aromatic rings. The van der Waals surface area contributed by atoms with Gasteiger partial charge in [0.25, 0.3) is 11.6 Å². The van der Waals surface area contributed by atoms with Gasteiger partial charge in [-0.2, -0.15) is 41.6 Å². The van der Waals surface area contributed by atoms with Gasteiger partial charge in [-0.3, -0.25) is 9.48 Å². The van der Waals surface area contributed by atoms with E-state index in [0.29, 0.717) is 10.9 Å². The first kappa shape index (κ1) is 17.5. The second-order valence-corrected chi connectivity index (χ2v) is 4.94. The molecule has 0 bridgehead atoms. The second-order valence-electron chi connectivity index (χ2n) is 4.57. The van der Waals surface area contributed by atoms with Crippen molar-refractivity contribution in [3.05, 3.63) is 16.4 Å². The maximum absolute atomic E-state index is 12.9. The molecule has 128 valence electrons. The Labute approximate surface area is 128 Å². The molecule has 0 fully saturated rings. The van der Waals surface area contributed by atoms with Gasteiger partial charge in [-0.1, -0.05) is 11.6 Å². The monoisotopic (exact) mass is 364 g/mol. The van der Waals surface area contributed by atoms with Crippen LogP contribution in [-0.2, 0) is 13.2 Å². The van der Waals surface area contributed by atoms with Crippen LogP contribution in [0.3, 0.4) is 0 Å². The zero-order chi connectivity index (χ0) is 17.8. The molecule has 0 aromatic carbocycles. The van der Waals surface area contributed by atoms with Crippen LogP contribution in [0.25, 0.3) is 0 Å². The third-order valence-corrected chi connectivity index (χ3v) is 3.39. The molecule has 0 radical (unpaired) electrons. The van der Waals surface area contributed by atoms with E-state index in [1.54, 1.807) is 0 Å². The van der Waals surface area contributed by atoms with Crippen molar-refractivity contribution in [2.24, 2.45) is 12.1 Å². The summed E-state index contributed by atoms with van der Waals surface area (Å²) in [5.74, 6) is -1.67. The summed E-state index contributed by atoms with van der Waals surface area (Å²) in [6.45, 7) is 0. The van der Waals surface area contributed by atoms with Crippen molar-refractivity contribution < 1.29 is 36.2 Å². The molecular weight excluding hydrogens is 358 g/mol. The molecule has 1 aliphatic heterocycles. The van der Waals surface area contributed by atoms with Crippen LogP contribution < -0.4 is 0 Å². The number of rotatable bonds is 1. The number of aromatic nitrogens is 2. The van der Waals surface area contributed by atoms with E-state index < -0.39 is 46.8 Å². The molecule has 2 heterocycles. The summed E-state index contributed by atoms with van der Waals surface area (Å²) in [7, 11) is 0.890. The van der Waals surface area contributed by atoms with Crippen molar-refractivity contribution in [2.75, 3.05) is 0 Å². The molecule has 1 aliphatic rings. The lowest BCUT2D eigenvalue weighted by Gasteiger charge is -2.32. The van der Waals surface area contributed by atoms with Crippen LogP contribution >= 0.6 is 11.6 Å². The first-order valence-electron chi connectivity index (χ1n) is 5.76. The van der Waals surface area contributed by atoms with Crippen LogP contribution in [0.4, 0.5) is 26.3 Å². The van der Waals surface area contributed by atoms with Crippen LogP contribution in [0.5, 0.6) is 0 Å². The third kappa shape index (κ3) is 2.65. The molecule has 6 nitrogen and oxygen atoms in total. The van der Waals surface area contributed by atoms with Crippen molar-refractivity contribution in [3.63, 3.8) is 0 Å². The predicted molar refractivity (Wildman–Crippen MR) is 63.5 cm³/mol. The van der Waals surface area contributed by atoms with Crippen LogP contribution in [0.15, 0.2) is 5.10 Å². The minimum Gasteiger partial charge on any atom is -0.362 e. The van der Waals surface area contributed by atoms with E-state index in [2.05, 4.69) is 10.2 Å². The molecule has 1 amide bonds. The van der Waals surface area contributed by atoms with Crippen LogP contribution in [0.1, 0.15) is 22.6 Å². The predicted octanol–water partition coefficient (Wildman–Crippen LogP) is 2.17. The average molecular weight is 365 g/mol. The Balaban J connectivity index is 2.50. The molecule has 1 aromatic heterocycles. The lowest BCUT2D eigenvalue weighted by atomic mass is 10.1. The number of nitrogens with zero attached hydrogens (tertiary/aromatic N) is 4.